The van der Waals surface area contributed by atoms with Crippen molar-refractivity contribution in [1.82, 2.24) is 6.15 Å². The van der Waals surface area contributed by atoms with Crippen LogP contribution in [-0.2, 0) is 31.2 Å². The van der Waals surface area contributed by atoms with Gasteiger partial charge in [-0.05, 0) is 0 Å². The molecule has 0 aromatic carbocycles. The van der Waals surface area contributed by atoms with E-state index in [1.54, 1.807) is 0 Å². The van der Waals surface area contributed by atoms with E-state index < -0.39 is 27.5 Å². The van der Waals surface area contributed by atoms with E-state index in [0.717, 1.165) is 6.92 Å². The van der Waals surface area contributed by atoms with Gasteiger partial charge in [0.1, 0.15) is 0 Å². The Morgan fingerprint density at radius 2 is 2.00 bits per heavy atom. The molecule has 0 saturated heterocycles. The van der Waals surface area contributed by atoms with Crippen molar-refractivity contribution in [2.24, 2.45) is 0 Å². The van der Waals surface area contributed by atoms with Gasteiger partial charge in [-0.3, -0.25) is 0 Å². The average Bonchev–Trinajstić information content (AvgIpc) is 1.63. The molecule has 0 rings (SSSR count). The van der Waals surface area contributed by atoms with E-state index in [4.69, 9.17) is 5.11 Å². The van der Waals surface area contributed by atoms with E-state index in [-0.39, 0.29) is 6.15 Å². The van der Waals surface area contributed by atoms with E-state index in [2.05, 4.69) is 3.66 Å². The summed E-state index contributed by atoms with van der Waals surface area (Å²) in [6.45, 7) is 1.13. The van der Waals surface area contributed by atoms with Crippen molar-refractivity contribution in [1.29, 1.82) is 0 Å². The van der Waals surface area contributed by atoms with Crippen molar-refractivity contribution in [3.8, 4) is 0 Å². The van der Waals surface area contributed by atoms with Gasteiger partial charge in [-0.2, -0.15) is 0 Å². The smallest absolute Gasteiger partial charge is 0.344 e. The zero-order valence-electron chi connectivity index (χ0n) is 5.31. The topological polar surface area (TPSA) is 116 Å². The minimum atomic E-state index is -3.85. The van der Waals surface area contributed by atoms with Gasteiger partial charge in [0.15, 0.2) is 0 Å². The summed E-state index contributed by atoms with van der Waals surface area (Å²) in [5, 5.41) is 8.34. The fourth-order valence-electron chi connectivity index (χ4n) is 0.150. The van der Waals surface area contributed by atoms with E-state index in [0.29, 0.717) is 0 Å². The predicted octanol–water partition coefficient (Wildman–Crippen LogP) is -0.703. The van der Waals surface area contributed by atoms with Gasteiger partial charge in [0.2, 0.25) is 0 Å². The van der Waals surface area contributed by atoms with Crippen LogP contribution in [0, 0.1) is 0 Å². The molecule has 10 heavy (non-hydrogen) atoms. The Labute approximate surface area is 62.1 Å². The molecule has 0 bridgehead atoms. The minimum absolute atomic E-state index is 0. The molecule has 0 saturated carbocycles. The van der Waals surface area contributed by atoms with Gasteiger partial charge in [-0.25, -0.2) is 0 Å². The third-order valence-electron chi connectivity index (χ3n) is 0.506. The molecule has 1 atom stereocenters. The second kappa shape index (κ2) is 5.37. The molecular formula is C3H8NO5V. The van der Waals surface area contributed by atoms with Gasteiger partial charge in [-0.15, -0.1) is 0 Å². The standard InChI is InChI=1S/C3H6O3.H3N.2O.V/c1-2(4)3(5)6;;;;/h2,4H,1H3,(H,5,6);1H3;;;/q;;;;+1/p-1. The van der Waals surface area contributed by atoms with Crippen molar-refractivity contribution in [3.05, 3.63) is 0 Å². The number of hydrogen-bond donors (Lipinski definition) is 2. The second-order valence-electron chi connectivity index (χ2n) is 1.31. The van der Waals surface area contributed by atoms with Crippen molar-refractivity contribution >= 4 is 5.97 Å². The van der Waals surface area contributed by atoms with Gasteiger partial charge in [-0.1, -0.05) is 0 Å². The number of carbonyl (C=O) groups is 1. The quantitative estimate of drug-likeness (QED) is 0.593. The van der Waals surface area contributed by atoms with Gasteiger partial charge in [0, 0.05) is 0 Å². The van der Waals surface area contributed by atoms with E-state index >= 15 is 0 Å². The summed E-state index contributed by atoms with van der Waals surface area (Å²) in [6, 6.07) is 0. The van der Waals surface area contributed by atoms with Crippen LogP contribution in [-0.4, -0.2) is 17.2 Å². The summed E-state index contributed by atoms with van der Waals surface area (Å²) in [5.74, 6) is -1.13. The summed E-state index contributed by atoms with van der Waals surface area (Å²) in [5.41, 5.74) is 0. The van der Waals surface area contributed by atoms with E-state index in [1.165, 1.54) is 0 Å². The normalized spacial score (nSPS) is 11.0. The van der Waals surface area contributed by atoms with Crippen LogP contribution in [0.2, 0.25) is 0 Å². The Morgan fingerprint density at radius 1 is 1.60 bits per heavy atom. The summed E-state index contributed by atoms with van der Waals surface area (Å²) >= 11 is -3.85. The Morgan fingerprint density at radius 3 is 2.10 bits per heavy atom. The molecule has 6 nitrogen and oxygen atoms in total. The summed E-state index contributed by atoms with van der Waals surface area (Å²) in [4.78, 5) is 10.1. The molecule has 0 aliphatic rings. The molecule has 0 fully saturated rings. The number of aliphatic hydroxyl groups excluding tert-OH is 1. The Balaban J connectivity index is 0. The van der Waals surface area contributed by atoms with Gasteiger partial charge in [0.05, 0.1) is 0 Å². The first-order valence-electron chi connectivity index (χ1n) is 2.08. The Hall–Kier alpha value is -0.426. The number of carbonyl (C=O) groups excluding carboxylic acids is 1. The van der Waals surface area contributed by atoms with Crippen molar-refractivity contribution in [3.63, 3.8) is 0 Å². The largest absolute Gasteiger partial charge is 0.344 e. The zero-order chi connectivity index (χ0) is 7.44. The van der Waals surface area contributed by atoms with E-state index in [9.17, 15) is 12.1 Å². The molecule has 7 heteroatoms. The van der Waals surface area contributed by atoms with Gasteiger partial charge in [0.25, 0.3) is 0 Å². The number of aliphatic hydroxyl groups is 1. The first kappa shape index (κ1) is 12.3. The molecule has 0 spiro atoms. The van der Waals surface area contributed by atoms with Gasteiger partial charge < -0.3 is 6.15 Å². The molecule has 0 aromatic heterocycles. The van der Waals surface area contributed by atoms with Crippen LogP contribution in [0.3, 0.4) is 0 Å². The van der Waals surface area contributed by atoms with Crippen molar-refractivity contribution < 1.29 is 36.3 Å². The van der Waals surface area contributed by atoms with Crippen molar-refractivity contribution in [2.75, 3.05) is 0 Å². The Kier molecular flexibility index (Phi) is 6.58. The molecule has 0 aromatic rings. The summed E-state index contributed by atoms with van der Waals surface area (Å²) in [7, 11) is 0. The monoisotopic (exact) mass is 189 g/mol. The first-order valence-corrected chi connectivity index (χ1v) is 3.79. The third kappa shape index (κ3) is 5.71. The number of rotatable bonds is 2. The average molecular weight is 189 g/mol. The fraction of sp³-hybridized carbons (Fsp3) is 0.667. The molecule has 0 amide bonds. The maximum atomic E-state index is 10.1. The summed E-state index contributed by atoms with van der Waals surface area (Å²) in [6.07, 6.45) is -1.37. The molecule has 4 N–H and O–H groups in total. The van der Waals surface area contributed by atoms with Crippen LogP contribution in [0.15, 0.2) is 0 Å². The fourth-order valence-corrected chi connectivity index (χ4v) is 0.617. The van der Waals surface area contributed by atoms with Crippen LogP contribution in [0.1, 0.15) is 6.92 Å². The van der Waals surface area contributed by atoms with Crippen molar-refractivity contribution in [2.45, 2.75) is 13.0 Å². The van der Waals surface area contributed by atoms with Gasteiger partial charge >= 0.3 is 55.3 Å². The van der Waals surface area contributed by atoms with Crippen LogP contribution >= 0.6 is 0 Å². The molecule has 0 heterocycles. The zero-order valence-corrected chi connectivity index (χ0v) is 6.71. The van der Waals surface area contributed by atoms with Crippen LogP contribution < -0.4 is 6.15 Å². The molecular weight excluding hydrogens is 181 g/mol. The minimum Gasteiger partial charge on any atom is -0.344 e. The van der Waals surface area contributed by atoms with E-state index in [1.807, 2.05) is 0 Å². The van der Waals surface area contributed by atoms with Crippen LogP contribution in [0.25, 0.3) is 0 Å². The summed E-state index contributed by atoms with van der Waals surface area (Å²) < 4.78 is 23.0. The van der Waals surface area contributed by atoms with Crippen LogP contribution in [0.5, 0.6) is 0 Å². The Bertz CT molecular complexity index is 166. The second-order valence-corrected chi connectivity index (χ2v) is 2.29. The van der Waals surface area contributed by atoms with Crippen LogP contribution in [0.4, 0.5) is 0 Å². The first-order chi connectivity index (χ1) is 4.04. The molecule has 0 aliphatic carbocycles. The molecule has 60 valence electrons. The molecule has 0 radical (unpaired) electrons. The molecule has 1 unspecified atom stereocenters. The third-order valence-corrected chi connectivity index (χ3v) is 1.02. The maximum absolute atomic E-state index is 10.1. The number of hydrogen-bond acceptors (Lipinski definition) is 6. The maximum Gasteiger partial charge on any atom is -0.344 e. The molecule has 0 aliphatic heterocycles. The SMILES string of the molecule is CC(O)C(=O)[O][V](=[O])=[O].N. The predicted molar refractivity (Wildman–Crippen MR) is 24.2 cm³/mol.